The summed E-state index contributed by atoms with van der Waals surface area (Å²) in [6, 6.07) is 22.1. The number of carbonyl (C=O) groups is 2. The van der Waals surface area contributed by atoms with Gasteiger partial charge in [0.05, 0.1) is 21.3 Å². The number of anilines is 2. The van der Waals surface area contributed by atoms with E-state index < -0.39 is 0 Å². The van der Waals surface area contributed by atoms with Gasteiger partial charge in [0.2, 0.25) is 0 Å². The van der Waals surface area contributed by atoms with Crippen LogP contribution in [-0.4, -0.2) is 29.9 Å². The molecule has 0 unspecified atom stereocenters. The molecule has 34 heavy (non-hydrogen) atoms. The first-order valence-electron chi connectivity index (χ1n) is 10.1. The van der Waals surface area contributed by atoms with Crippen LogP contribution in [0.25, 0.3) is 6.08 Å². The molecule has 3 aromatic rings. The number of amides is 2. The number of carbonyl (C=O) groups excluding carboxylic acids is 2. The smallest absolute Gasteiger partial charge is 0.270 e. The number of benzene rings is 3. The van der Waals surface area contributed by atoms with Crippen LogP contribution in [-0.2, 0) is 9.59 Å². The van der Waals surface area contributed by atoms with Crippen LogP contribution in [0.1, 0.15) is 5.56 Å². The van der Waals surface area contributed by atoms with E-state index in [4.69, 9.17) is 21.7 Å². The molecular formula is C25H19IN2O4S2. The predicted molar refractivity (Wildman–Crippen MR) is 148 cm³/mol. The Morgan fingerprint density at radius 2 is 1.79 bits per heavy atom. The van der Waals surface area contributed by atoms with E-state index in [1.807, 2.05) is 54.6 Å². The van der Waals surface area contributed by atoms with Gasteiger partial charge < -0.3 is 14.8 Å². The zero-order valence-electron chi connectivity index (χ0n) is 18.0. The summed E-state index contributed by atoms with van der Waals surface area (Å²) in [4.78, 5) is 27.3. The minimum Gasteiger partial charge on any atom is -0.493 e. The maximum atomic E-state index is 13.0. The predicted octanol–water partition coefficient (Wildman–Crippen LogP) is 5.72. The largest absolute Gasteiger partial charge is 0.493 e. The van der Waals surface area contributed by atoms with Crippen molar-refractivity contribution in [2.45, 2.75) is 0 Å². The summed E-state index contributed by atoms with van der Waals surface area (Å²) >= 11 is 8.81. The third kappa shape index (κ3) is 5.60. The molecule has 0 aliphatic carbocycles. The fraction of sp³-hybridized carbons (Fsp3) is 0.0800. The summed E-state index contributed by atoms with van der Waals surface area (Å²) < 4.78 is 12.5. The van der Waals surface area contributed by atoms with Crippen LogP contribution in [0, 0.1) is 3.57 Å². The zero-order valence-corrected chi connectivity index (χ0v) is 21.8. The fourth-order valence-electron chi connectivity index (χ4n) is 3.24. The molecule has 172 valence electrons. The van der Waals surface area contributed by atoms with Crippen molar-refractivity contribution in [2.24, 2.45) is 0 Å². The molecule has 1 fully saturated rings. The maximum Gasteiger partial charge on any atom is 0.270 e. The van der Waals surface area contributed by atoms with Gasteiger partial charge in [0.1, 0.15) is 0 Å². The number of nitrogens with zero attached hydrogens (tertiary/aromatic N) is 1. The number of halogens is 1. The molecule has 3 aromatic carbocycles. The van der Waals surface area contributed by atoms with E-state index >= 15 is 0 Å². The summed E-state index contributed by atoms with van der Waals surface area (Å²) in [7, 11) is 1.53. The number of thioether (sulfide) groups is 1. The molecule has 1 N–H and O–H groups in total. The molecule has 1 aliphatic heterocycles. The molecule has 9 heteroatoms. The lowest BCUT2D eigenvalue weighted by Crippen LogP contribution is -2.27. The summed E-state index contributed by atoms with van der Waals surface area (Å²) in [6.45, 7) is -0.170. The first kappa shape index (κ1) is 24.2. The number of hydrogen-bond acceptors (Lipinski definition) is 6. The van der Waals surface area contributed by atoms with Crippen molar-refractivity contribution < 1.29 is 19.1 Å². The number of nitrogens with one attached hydrogen (secondary N) is 1. The standard InChI is InChI=1S/C25H19IN2O4S2/c1-31-20-13-16(14-21-24(30)28(25(33)34-21)18-10-6-3-7-11-18)12-19(26)23(20)32-15-22(29)27-17-8-4-2-5-9-17/h2-14H,15H2,1H3,(H,27,29)/b21-14+. The van der Waals surface area contributed by atoms with Crippen LogP contribution in [0.2, 0.25) is 0 Å². The van der Waals surface area contributed by atoms with Crippen molar-refractivity contribution in [1.29, 1.82) is 0 Å². The van der Waals surface area contributed by atoms with Crippen molar-refractivity contribution in [2.75, 3.05) is 23.9 Å². The summed E-state index contributed by atoms with van der Waals surface area (Å²) in [6.07, 6.45) is 1.78. The van der Waals surface area contributed by atoms with Crippen LogP contribution in [0.5, 0.6) is 11.5 Å². The number of ether oxygens (including phenoxy) is 2. The highest BCUT2D eigenvalue weighted by Crippen LogP contribution is 2.38. The van der Waals surface area contributed by atoms with Gasteiger partial charge in [-0.05, 0) is 70.6 Å². The van der Waals surface area contributed by atoms with E-state index in [1.54, 1.807) is 24.3 Å². The van der Waals surface area contributed by atoms with Gasteiger partial charge in [-0.15, -0.1) is 0 Å². The van der Waals surface area contributed by atoms with Gasteiger partial charge in [-0.2, -0.15) is 0 Å². The lowest BCUT2D eigenvalue weighted by atomic mass is 10.1. The van der Waals surface area contributed by atoms with Gasteiger partial charge >= 0.3 is 0 Å². The third-order valence-corrected chi connectivity index (χ3v) is 6.87. The van der Waals surface area contributed by atoms with Gasteiger partial charge in [0.15, 0.2) is 22.4 Å². The normalized spacial score (nSPS) is 14.4. The SMILES string of the molecule is COc1cc(/C=C2/SC(=S)N(c3ccccc3)C2=O)cc(I)c1OCC(=O)Nc1ccccc1. The van der Waals surface area contributed by atoms with Crippen LogP contribution in [0.15, 0.2) is 77.7 Å². The molecule has 0 radical (unpaired) electrons. The van der Waals surface area contributed by atoms with E-state index in [0.717, 1.165) is 14.8 Å². The van der Waals surface area contributed by atoms with Crippen molar-refractivity contribution in [3.05, 3.63) is 86.8 Å². The number of hydrogen-bond donors (Lipinski definition) is 1. The van der Waals surface area contributed by atoms with Gasteiger partial charge in [0, 0.05) is 5.69 Å². The van der Waals surface area contributed by atoms with E-state index in [9.17, 15) is 9.59 Å². The molecular weight excluding hydrogens is 583 g/mol. The second-order valence-corrected chi connectivity index (χ2v) is 9.93. The van der Waals surface area contributed by atoms with Gasteiger partial charge in [-0.3, -0.25) is 14.5 Å². The van der Waals surface area contributed by atoms with Crippen molar-refractivity contribution in [3.8, 4) is 11.5 Å². The molecule has 0 atom stereocenters. The van der Waals surface area contributed by atoms with Crippen molar-refractivity contribution in [3.63, 3.8) is 0 Å². The zero-order chi connectivity index (χ0) is 24.1. The highest BCUT2D eigenvalue weighted by atomic mass is 127. The first-order chi connectivity index (χ1) is 16.5. The summed E-state index contributed by atoms with van der Waals surface area (Å²) in [5.41, 5.74) is 2.19. The molecule has 0 bridgehead atoms. The average Bonchev–Trinajstić information content (AvgIpc) is 3.11. The van der Waals surface area contributed by atoms with Gasteiger partial charge in [-0.1, -0.05) is 60.4 Å². The van der Waals surface area contributed by atoms with Crippen LogP contribution in [0.3, 0.4) is 0 Å². The molecule has 0 saturated carbocycles. The van der Waals surface area contributed by atoms with Crippen molar-refractivity contribution in [1.82, 2.24) is 0 Å². The van der Waals surface area contributed by atoms with Gasteiger partial charge in [0.25, 0.3) is 11.8 Å². The molecule has 6 nitrogen and oxygen atoms in total. The number of thiocarbonyl (C=S) groups is 1. The maximum absolute atomic E-state index is 13.0. The quantitative estimate of drug-likeness (QED) is 0.212. The Morgan fingerprint density at radius 1 is 1.12 bits per heavy atom. The molecule has 1 heterocycles. The molecule has 0 spiro atoms. The molecule has 1 saturated heterocycles. The van der Waals surface area contributed by atoms with E-state index in [0.29, 0.717) is 26.4 Å². The second kappa shape index (κ2) is 11.0. The van der Waals surface area contributed by atoms with Crippen LogP contribution < -0.4 is 19.7 Å². The molecule has 4 rings (SSSR count). The fourth-order valence-corrected chi connectivity index (χ4v) is 5.32. The van der Waals surface area contributed by atoms with Gasteiger partial charge in [-0.25, -0.2) is 0 Å². The second-order valence-electron chi connectivity index (χ2n) is 7.09. The Labute approximate surface area is 220 Å². The number of rotatable bonds is 7. The molecule has 0 aromatic heterocycles. The Balaban J connectivity index is 1.50. The Morgan fingerprint density at radius 3 is 2.47 bits per heavy atom. The van der Waals surface area contributed by atoms with E-state index in [-0.39, 0.29) is 18.4 Å². The Bertz CT molecular complexity index is 1270. The Kier molecular flexibility index (Phi) is 7.86. The third-order valence-electron chi connectivity index (χ3n) is 4.76. The number of para-hydroxylation sites is 2. The minimum atomic E-state index is -0.280. The van der Waals surface area contributed by atoms with Crippen LogP contribution >= 0.6 is 46.6 Å². The van der Waals surface area contributed by atoms with E-state index in [2.05, 4.69) is 27.9 Å². The highest BCUT2D eigenvalue weighted by molar-refractivity contribution is 14.1. The highest BCUT2D eigenvalue weighted by Gasteiger charge is 2.33. The monoisotopic (exact) mass is 602 g/mol. The van der Waals surface area contributed by atoms with E-state index in [1.165, 1.54) is 23.8 Å². The first-order valence-corrected chi connectivity index (χ1v) is 12.4. The lowest BCUT2D eigenvalue weighted by molar-refractivity contribution is -0.118. The lowest BCUT2D eigenvalue weighted by Gasteiger charge is -2.14. The van der Waals surface area contributed by atoms with Crippen LogP contribution in [0.4, 0.5) is 11.4 Å². The summed E-state index contributed by atoms with van der Waals surface area (Å²) in [5.74, 6) is 0.468. The number of methoxy groups -OCH3 is 1. The molecule has 1 aliphatic rings. The summed E-state index contributed by atoms with van der Waals surface area (Å²) in [5, 5.41) is 2.78. The molecule has 2 amide bonds. The average molecular weight is 602 g/mol. The Hall–Kier alpha value is -2.89. The van der Waals surface area contributed by atoms with Crippen molar-refractivity contribution >= 4 is 80.2 Å². The topological polar surface area (TPSA) is 67.9 Å². The minimum absolute atomic E-state index is 0.170.